The second kappa shape index (κ2) is 6.34. The Labute approximate surface area is 143 Å². The number of carbonyl (C=O) groups excluding carboxylic acids is 1. The number of nitrogens with zero attached hydrogens (tertiary/aromatic N) is 4. The molecule has 8 heteroatoms. The van der Waals surface area contributed by atoms with Crippen LogP contribution < -0.4 is 10.6 Å². The first-order valence-electron chi connectivity index (χ1n) is 8.19. The molecule has 24 heavy (non-hydrogen) atoms. The zero-order valence-corrected chi connectivity index (χ0v) is 14.0. The molecule has 3 heterocycles. The van der Waals surface area contributed by atoms with Gasteiger partial charge in [-0.25, -0.2) is 9.67 Å². The molecule has 0 bridgehead atoms. The molecule has 0 unspecified atom stereocenters. The first kappa shape index (κ1) is 15.3. The van der Waals surface area contributed by atoms with Crippen molar-refractivity contribution in [1.29, 1.82) is 5.26 Å². The molecule has 4 rings (SSSR count). The van der Waals surface area contributed by atoms with Gasteiger partial charge >= 0.3 is 0 Å². The van der Waals surface area contributed by atoms with Gasteiger partial charge in [-0.1, -0.05) is 0 Å². The van der Waals surface area contributed by atoms with Crippen molar-refractivity contribution in [1.82, 2.24) is 20.1 Å². The van der Waals surface area contributed by atoms with E-state index in [9.17, 15) is 10.1 Å². The van der Waals surface area contributed by atoms with Gasteiger partial charge in [-0.05, 0) is 31.2 Å². The fourth-order valence-electron chi connectivity index (χ4n) is 3.42. The fraction of sp³-hybridized carbons (Fsp3) is 0.500. The van der Waals surface area contributed by atoms with E-state index in [1.54, 1.807) is 17.7 Å². The number of thiophene rings is 1. The molecule has 2 aromatic heterocycles. The second-order valence-electron chi connectivity index (χ2n) is 6.20. The minimum atomic E-state index is -0.101. The Morgan fingerprint density at radius 1 is 1.46 bits per heavy atom. The van der Waals surface area contributed by atoms with Crippen LogP contribution in [0, 0.1) is 11.3 Å². The van der Waals surface area contributed by atoms with Crippen LogP contribution in [0.25, 0.3) is 0 Å². The quantitative estimate of drug-likeness (QED) is 0.872. The number of aryl methyl sites for hydroxylation is 2. The van der Waals surface area contributed by atoms with Gasteiger partial charge in [-0.3, -0.25) is 4.79 Å². The van der Waals surface area contributed by atoms with Crippen LogP contribution in [0.2, 0.25) is 0 Å². The van der Waals surface area contributed by atoms with E-state index in [1.807, 2.05) is 4.68 Å². The minimum absolute atomic E-state index is 0.101. The molecule has 1 aliphatic heterocycles. The van der Waals surface area contributed by atoms with Gasteiger partial charge in [0.2, 0.25) is 5.91 Å². The number of carbonyl (C=O) groups is 1. The molecule has 0 spiro atoms. The summed E-state index contributed by atoms with van der Waals surface area (Å²) >= 11 is 1.55. The first-order chi connectivity index (χ1) is 11.7. The van der Waals surface area contributed by atoms with E-state index in [-0.39, 0.29) is 18.5 Å². The Morgan fingerprint density at radius 2 is 2.38 bits per heavy atom. The van der Waals surface area contributed by atoms with Crippen LogP contribution in [0.3, 0.4) is 0 Å². The van der Waals surface area contributed by atoms with Crippen LogP contribution in [0.1, 0.15) is 34.7 Å². The van der Waals surface area contributed by atoms with E-state index < -0.39 is 0 Å². The first-order valence-corrected chi connectivity index (χ1v) is 9.01. The topological polar surface area (TPSA) is 95.6 Å². The third-order valence-corrected chi connectivity index (χ3v) is 5.85. The van der Waals surface area contributed by atoms with Crippen molar-refractivity contribution in [3.05, 3.63) is 28.2 Å². The predicted molar refractivity (Wildman–Crippen MR) is 89.8 cm³/mol. The van der Waals surface area contributed by atoms with Crippen molar-refractivity contribution >= 4 is 22.2 Å². The summed E-state index contributed by atoms with van der Waals surface area (Å²) in [6, 6.07) is 2.47. The largest absolute Gasteiger partial charge is 0.315 e. The van der Waals surface area contributed by atoms with E-state index in [2.05, 4.69) is 26.8 Å². The standard InChI is InChI=1S/C16H18N6OS/c17-6-12-11-2-1-3-13(11)24-16(12)21-15(23)7-18-10-4-5-14-19-9-20-22(14)8-10/h9-10,18H,1-5,7-8H2,(H,21,23)/t10-/m0/s1. The van der Waals surface area contributed by atoms with E-state index in [0.717, 1.165) is 50.0 Å². The number of nitriles is 1. The molecule has 0 fully saturated rings. The van der Waals surface area contributed by atoms with Crippen molar-refractivity contribution in [2.24, 2.45) is 0 Å². The van der Waals surface area contributed by atoms with Crippen LogP contribution in [-0.2, 0) is 30.6 Å². The SMILES string of the molecule is N#Cc1c(NC(=O)CN[C@H]2CCc3ncnn3C2)sc2c1CCC2. The molecule has 2 aliphatic rings. The summed E-state index contributed by atoms with van der Waals surface area (Å²) in [4.78, 5) is 17.7. The molecule has 2 N–H and O–H groups in total. The molecule has 1 amide bonds. The molecule has 0 aromatic carbocycles. The lowest BCUT2D eigenvalue weighted by Crippen LogP contribution is -2.41. The third-order valence-electron chi connectivity index (χ3n) is 4.64. The van der Waals surface area contributed by atoms with Crippen molar-refractivity contribution in [3.8, 4) is 6.07 Å². The Kier molecular flexibility index (Phi) is 4.04. The lowest BCUT2D eigenvalue weighted by atomic mass is 10.1. The summed E-state index contributed by atoms with van der Waals surface area (Å²) in [6.07, 6.45) is 6.47. The molecule has 124 valence electrons. The maximum Gasteiger partial charge on any atom is 0.238 e. The number of aromatic nitrogens is 3. The van der Waals surface area contributed by atoms with Crippen molar-refractivity contribution < 1.29 is 4.79 Å². The number of hydrogen-bond acceptors (Lipinski definition) is 6. The zero-order chi connectivity index (χ0) is 16.5. The van der Waals surface area contributed by atoms with E-state index in [0.29, 0.717) is 10.6 Å². The van der Waals surface area contributed by atoms with Crippen molar-refractivity contribution in [2.75, 3.05) is 11.9 Å². The molecular weight excluding hydrogens is 324 g/mol. The Balaban J connectivity index is 1.34. The Morgan fingerprint density at radius 3 is 3.25 bits per heavy atom. The van der Waals surface area contributed by atoms with Gasteiger partial charge in [0.25, 0.3) is 0 Å². The molecule has 2 aromatic rings. The monoisotopic (exact) mass is 342 g/mol. The van der Waals surface area contributed by atoms with Gasteiger partial charge in [0.15, 0.2) is 0 Å². The highest BCUT2D eigenvalue weighted by Gasteiger charge is 2.24. The minimum Gasteiger partial charge on any atom is -0.315 e. The molecule has 1 atom stereocenters. The van der Waals surface area contributed by atoms with Crippen molar-refractivity contribution in [2.45, 2.75) is 44.7 Å². The van der Waals surface area contributed by atoms with Gasteiger partial charge in [-0.2, -0.15) is 10.4 Å². The summed E-state index contributed by atoms with van der Waals surface area (Å²) in [5, 5.41) is 20.4. The van der Waals surface area contributed by atoms with Gasteiger partial charge in [0.1, 0.15) is 23.2 Å². The second-order valence-corrected chi connectivity index (χ2v) is 7.30. The van der Waals surface area contributed by atoms with Gasteiger partial charge in [0, 0.05) is 17.3 Å². The third kappa shape index (κ3) is 2.81. The number of nitrogens with one attached hydrogen (secondary N) is 2. The predicted octanol–water partition coefficient (Wildman–Crippen LogP) is 1.24. The Hall–Kier alpha value is -2.24. The summed E-state index contributed by atoms with van der Waals surface area (Å²) in [6.45, 7) is 0.974. The Bertz CT molecular complexity index is 817. The number of hydrogen-bond donors (Lipinski definition) is 2. The van der Waals surface area contributed by atoms with Crippen LogP contribution in [0.5, 0.6) is 0 Å². The lowest BCUT2D eigenvalue weighted by Gasteiger charge is -2.23. The van der Waals surface area contributed by atoms with Crippen LogP contribution >= 0.6 is 11.3 Å². The summed E-state index contributed by atoms with van der Waals surface area (Å²) < 4.78 is 1.89. The molecule has 0 saturated heterocycles. The summed E-state index contributed by atoms with van der Waals surface area (Å²) in [5.41, 5.74) is 1.79. The molecule has 0 saturated carbocycles. The van der Waals surface area contributed by atoms with Crippen LogP contribution in [0.4, 0.5) is 5.00 Å². The van der Waals surface area contributed by atoms with E-state index in [1.165, 1.54) is 4.88 Å². The molecular formula is C16H18N6OS. The van der Waals surface area contributed by atoms with Gasteiger partial charge in [0.05, 0.1) is 18.7 Å². The number of rotatable bonds is 4. The average Bonchev–Trinajstić information content (AvgIpc) is 3.27. The summed E-state index contributed by atoms with van der Waals surface area (Å²) in [5.74, 6) is 0.903. The molecule has 7 nitrogen and oxygen atoms in total. The van der Waals surface area contributed by atoms with Crippen LogP contribution in [0.15, 0.2) is 6.33 Å². The number of amides is 1. The maximum atomic E-state index is 12.2. The highest BCUT2D eigenvalue weighted by molar-refractivity contribution is 7.16. The number of anilines is 1. The maximum absolute atomic E-state index is 12.2. The average molecular weight is 342 g/mol. The highest BCUT2D eigenvalue weighted by Crippen LogP contribution is 2.38. The highest BCUT2D eigenvalue weighted by atomic mass is 32.1. The van der Waals surface area contributed by atoms with Crippen molar-refractivity contribution in [3.63, 3.8) is 0 Å². The van der Waals surface area contributed by atoms with Gasteiger partial charge < -0.3 is 10.6 Å². The normalized spacial score (nSPS) is 18.7. The van der Waals surface area contributed by atoms with Crippen LogP contribution in [-0.4, -0.2) is 33.3 Å². The zero-order valence-electron chi connectivity index (χ0n) is 13.2. The van der Waals surface area contributed by atoms with E-state index in [4.69, 9.17) is 0 Å². The summed E-state index contributed by atoms with van der Waals surface area (Å²) in [7, 11) is 0. The van der Waals surface area contributed by atoms with E-state index >= 15 is 0 Å². The lowest BCUT2D eigenvalue weighted by molar-refractivity contribution is -0.115. The molecule has 0 radical (unpaired) electrons. The number of fused-ring (bicyclic) bond motifs is 2. The fourth-order valence-corrected chi connectivity index (χ4v) is 4.68. The van der Waals surface area contributed by atoms with Gasteiger partial charge in [-0.15, -0.1) is 11.3 Å². The smallest absolute Gasteiger partial charge is 0.238 e. The molecule has 1 aliphatic carbocycles.